The third-order valence-corrected chi connectivity index (χ3v) is 6.10. The van der Waals surface area contributed by atoms with E-state index in [9.17, 15) is 14.4 Å². The fourth-order valence-corrected chi connectivity index (χ4v) is 4.11. The summed E-state index contributed by atoms with van der Waals surface area (Å²) in [7, 11) is 0. The number of nitrogens with one attached hydrogen (secondary N) is 1. The quantitative estimate of drug-likeness (QED) is 0.566. The van der Waals surface area contributed by atoms with Crippen LogP contribution in [0, 0.1) is 13.8 Å². The van der Waals surface area contributed by atoms with Gasteiger partial charge in [0, 0.05) is 32.2 Å². The fourth-order valence-electron chi connectivity index (χ4n) is 4.11. The average Bonchev–Trinajstić information content (AvgIpc) is 3.17. The molecule has 1 aliphatic rings. The van der Waals surface area contributed by atoms with Gasteiger partial charge < -0.3 is 24.4 Å². The van der Waals surface area contributed by atoms with Gasteiger partial charge in [0.25, 0.3) is 5.91 Å². The van der Waals surface area contributed by atoms with Gasteiger partial charge in [-0.15, -0.1) is 0 Å². The summed E-state index contributed by atoms with van der Waals surface area (Å²) < 4.78 is 11.4. The highest BCUT2D eigenvalue weighted by molar-refractivity contribution is 6.35. The summed E-state index contributed by atoms with van der Waals surface area (Å²) in [5.41, 5.74) is 2.05. The Hall–Kier alpha value is -3.88. The van der Waals surface area contributed by atoms with Crippen molar-refractivity contribution < 1.29 is 23.6 Å². The lowest BCUT2D eigenvalue weighted by atomic mass is 10.0. The van der Waals surface area contributed by atoms with Crippen LogP contribution < -0.4 is 10.1 Å². The molecule has 0 radical (unpaired) electrons. The zero-order chi connectivity index (χ0) is 25.1. The van der Waals surface area contributed by atoms with Crippen LogP contribution in [0.25, 0.3) is 10.8 Å². The van der Waals surface area contributed by atoms with Crippen molar-refractivity contribution >= 4 is 28.5 Å². The van der Waals surface area contributed by atoms with Gasteiger partial charge in [-0.05, 0) is 50.6 Å². The number of hydrogen-bond acceptors (Lipinski definition) is 6. The standard InChI is InChI=1S/C26H30N4O5/c1-16(2)27-24(31)26(33)30-11-9-29(10-12-30)25(32)21-13-19-7-5-6-8-20(19)14-23(21)34-15-22-17(3)28-35-18(22)4/h5-8,13-14,16H,9-12,15H2,1-4H3,(H,27,31). The predicted octanol–water partition coefficient (Wildman–Crippen LogP) is 2.83. The molecule has 2 heterocycles. The molecule has 4 rings (SSSR count). The Balaban J connectivity index is 1.52. The molecular formula is C26H30N4O5. The molecule has 3 aromatic rings. The maximum atomic E-state index is 13.5. The van der Waals surface area contributed by atoms with E-state index in [2.05, 4.69) is 10.5 Å². The zero-order valence-corrected chi connectivity index (χ0v) is 20.5. The molecule has 9 heteroatoms. The summed E-state index contributed by atoms with van der Waals surface area (Å²) >= 11 is 0. The molecule has 1 saturated heterocycles. The first-order chi connectivity index (χ1) is 16.7. The first-order valence-electron chi connectivity index (χ1n) is 11.7. The number of aromatic nitrogens is 1. The van der Waals surface area contributed by atoms with E-state index in [1.165, 1.54) is 4.90 Å². The molecule has 0 unspecified atom stereocenters. The number of rotatable bonds is 5. The number of piperazine rings is 1. The molecule has 1 aromatic heterocycles. The van der Waals surface area contributed by atoms with Crippen LogP contribution in [0.15, 0.2) is 40.9 Å². The molecule has 9 nitrogen and oxygen atoms in total. The van der Waals surface area contributed by atoms with Gasteiger partial charge in [-0.25, -0.2) is 0 Å². The minimum Gasteiger partial charge on any atom is -0.488 e. The van der Waals surface area contributed by atoms with Crippen LogP contribution in [0.5, 0.6) is 5.75 Å². The number of nitrogens with zero attached hydrogens (tertiary/aromatic N) is 3. The number of benzene rings is 2. The van der Waals surface area contributed by atoms with E-state index in [4.69, 9.17) is 9.26 Å². The normalized spacial score (nSPS) is 13.9. The van der Waals surface area contributed by atoms with Crippen molar-refractivity contribution in [1.29, 1.82) is 0 Å². The van der Waals surface area contributed by atoms with Crippen LogP contribution in [0.4, 0.5) is 0 Å². The molecule has 35 heavy (non-hydrogen) atoms. The maximum Gasteiger partial charge on any atom is 0.312 e. The third-order valence-electron chi connectivity index (χ3n) is 6.10. The van der Waals surface area contributed by atoms with Gasteiger partial charge in [0.2, 0.25) is 0 Å². The van der Waals surface area contributed by atoms with Crippen LogP contribution in [-0.4, -0.2) is 64.9 Å². The van der Waals surface area contributed by atoms with Crippen LogP contribution in [-0.2, 0) is 16.2 Å². The van der Waals surface area contributed by atoms with Crippen molar-refractivity contribution in [2.75, 3.05) is 26.2 Å². The molecule has 184 valence electrons. The van der Waals surface area contributed by atoms with Gasteiger partial charge in [-0.3, -0.25) is 14.4 Å². The molecule has 1 aliphatic heterocycles. The highest BCUT2D eigenvalue weighted by Crippen LogP contribution is 2.29. The van der Waals surface area contributed by atoms with Crippen molar-refractivity contribution in [1.82, 2.24) is 20.3 Å². The topological polar surface area (TPSA) is 105 Å². The van der Waals surface area contributed by atoms with Crippen molar-refractivity contribution in [2.45, 2.75) is 40.3 Å². The van der Waals surface area contributed by atoms with Crippen LogP contribution in [0.2, 0.25) is 0 Å². The molecule has 0 spiro atoms. The number of carbonyl (C=O) groups excluding carboxylic acids is 3. The maximum absolute atomic E-state index is 13.5. The van der Waals surface area contributed by atoms with E-state index in [1.54, 1.807) is 18.7 Å². The van der Waals surface area contributed by atoms with Gasteiger partial charge in [0.15, 0.2) is 0 Å². The van der Waals surface area contributed by atoms with Crippen molar-refractivity contribution in [3.05, 3.63) is 59.0 Å². The minimum atomic E-state index is -0.621. The summed E-state index contributed by atoms with van der Waals surface area (Å²) in [6.07, 6.45) is 0. The second-order valence-corrected chi connectivity index (χ2v) is 9.00. The highest BCUT2D eigenvalue weighted by atomic mass is 16.5. The predicted molar refractivity (Wildman–Crippen MR) is 130 cm³/mol. The number of amides is 3. The second-order valence-electron chi connectivity index (χ2n) is 9.00. The van der Waals surface area contributed by atoms with E-state index in [1.807, 2.05) is 50.2 Å². The number of carbonyl (C=O) groups is 3. The van der Waals surface area contributed by atoms with Gasteiger partial charge in [-0.2, -0.15) is 0 Å². The molecule has 1 N–H and O–H groups in total. The molecule has 2 aromatic carbocycles. The smallest absolute Gasteiger partial charge is 0.312 e. The largest absolute Gasteiger partial charge is 0.488 e. The number of aryl methyl sites for hydroxylation is 2. The zero-order valence-electron chi connectivity index (χ0n) is 20.5. The average molecular weight is 479 g/mol. The number of ether oxygens (including phenoxy) is 1. The lowest BCUT2D eigenvalue weighted by Crippen LogP contribution is -2.54. The van der Waals surface area contributed by atoms with Crippen LogP contribution in [0.3, 0.4) is 0 Å². The van der Waals surface area contributed by atoms with Gasteiger partial charge in [-0.1, -0.05) is 29.4 Å². The first-order valence-corrected chi connectivity index (χ1v) is 11.7. The Kier molecular flexibility index (Phi) is 7.04. The lowest BCUT2D eigenvalue weighted by molar-refractivity contribution is -0.147. The van der Waals surface area contributed by atoms with Crippen molar-refractivity contribution in [3.63, 3.8) is 0 Å². The summed E-state index contributed by atoms with van der Waals surface area (Å²) in [5, 5.41) is 8.48. The van der Waals surface area contributed by atoms with Gasteiger partial charge in [0.1, 0.15) is 18.1 Å². The summed E-state index contributed by atoms with van der Waals surface area (Å²) in [6.45, 7) is 8.75. The van der Waals surface area contributed by atoms with Gasteiger partial charge >= 0.3 is 11.8 Å². The summed E-state index contributed by atoms with van der Waals surface area (Å²) in [4.78, 5) is 41.2. The fraction of sp³-hybridized carbons (Fsp3) is 0.385. The molecule has 0 atom stereocenters. The molecule has 0 bridgehead atoms. The van der Waals surface area contributed by atoms with Crippen molar-refractivity contribution in [2.24, 2.45) is 0 Å². The summed E-state index contributed by atoms with van der Waals surface area (Å²) in [5.74, 6) is -0.213. The number of hydrogen-bond donors (Lipinski definition) is 1. The molecule has 0 saturated carbocycles. The van der Waals surface area contributed by atoms with E-state index < -0.39 is 11.8 Å². The Morgan fingerprint density at radius 3 is 2.26 bits per heavy atom. The Morgan fingerprint density at radius 1 is 1.03 bits per heavy atom. The Labute approximate surface area is 204 Å². The first kappa shape index (κ1) is 24.3. The number of fused-ring (bicyclic) bond motifs is 1. The van der Waals surface area contributed by atoms with Gasteiger partial charge in [0.05, 0.1) is 16.8 Å². The Morgan fingerprint density at radius 2 is 1.66 bits per heavy atom. The second kappa shape index (κ2) is 10.2. The highest BCUT2D eigenvalue weighted by Gasteiger charge is 2.29. The Bertz CT molecular complexity index is 1240. The van der Waals surface area contributed by atoms with Crippen LogP contribution >= 0.6 is 0 Å². The minimum absolute atomic E-state index is 0.119. The van der Waals surface area contributed by atoms with E-state index >= 15 is 0 Å². The monoisotopic (exact) mass is 478 g/mol. The van der Waals surface area contributed by atoms with Crippen molar-refractivity contribution in [3.8, 4) is 5.75 Å². The van der Waals surface area contributed by atoms with E-state index in [-0.39, 0.29) is 18.6 Å². The molecular weight excluding hydrogens is 448 g/mol. The molecule has 0 aliphatic carbocycles. The lowest BCUT2D eigenvalue weighted by Gasteiger charge is -2.34. The third kappa shape index (κ3) is 5.29. The molecule has 1 fully saturated rings. The van der Waals surface area contributed by atoms with E-state index in [0.29, 0.717) is 43.3 Å². The SMILES string of the molecule is Cc1noc(C)c1COc1cc2ccccc2cc1C(=O)N1CCN(C(=O)C(=O)NC(C)C)CC1. The summed E-state index contributed by atoms with van der Waals surface area (Å²) in [6, 6.07) is 11.4. The van der Waals surface area contributed by atoms with E-state index in [0.717, 1.165) is 22.0 Å². The van der Waals surface area contributed by atoms with Crippen LogP contribution in [0.1, 0.15) is 41.2 Å². The molecule has 3 amide bonds.